The summed E-state index contributed by atoms with van der Waals surface area (Å²) in [6.45, 7) is 7.66. The highest BCUT2D eigenvalue weighted by atomic mass is 16.5. The molecule has 3 aromatic rings. The fraction of sp³-hybridized carbons (Fsp3) is 0.346. The zero-order valence-corrected chi connectivity index (χ0v) is 18.3. The molecule has 1 aliphatic heterocycles. The van der Waals surface area contributed by atoms with Gasteiger partial charge in [-0.1, -0.05) is 56.3 Å². The van der Waals surface area contributed by atoms with Gasteiger partial charge in [-0.2, -0.15) is 0 Å². The molecule has 5 heteroatoms. The highest BCUT2D eigenvalue weighted by Gasteiger charge is 2.27. The monoisotopic (exact) mass is 417 g/mol. The number of nitrogens with zero attached hydrogens (tertiary/aromatic N) is 1. The van der Waals surface area contributed by atoms with Gasteiger partial charge in [0.15, 0.2) is 0 Å². The maximum absolute atomic E-state index is 11.1. The molecule has 0 radical (unpaired) electrons. The standard InChI is InChI=1S/C26H31N3O2/c1-18(2)26-25(22-7-3-4-8-23(22)27-26)21-6-5-15-29(17-21)16-20-11-9-19(10-12-20)13-14-24(30)28-31/h3-4,7-14,18,21,27,31H,5-6,15-17H2,1-2H3,(H,28,30)/b14-13+. The Labute approximate surface area is 183 Å². The molecular formula is C26H31N3O2. The van der Waals surface area contributed by atoms with Crippen LogP contribution in [0, 0.1) is 0 Å². The van der Waals surface area contributed by atoms with Gasteiger partial charge in [-0.3, -0.25) is 14.9 Å². The molecule has 4 rings (SSSR count). The van der Waals surface area contributed by atoms with E-state index in [2.05, 4.69) is 60.1 Å². The summed E-state index contributed by atoms with van der Waals surface area (Å²) in [5, 5.41) is 9.95. The molecule has 1 saturated heterocycles. The number of rotatable bonds is 6. The van der Waals surface area contributed by atoms with Crippen molar-refractivity contribution < 1.29 is 10.0 Å². The molecule has 1 atom stereocenters. The Morgan fingerprint density at radius 1 is 1.23 bits per heavy atom. The number of piperidine rings is 1. The molecule has 162 valence electrons. The first-order valence-electron chi connectivity index (χ1n) is 11.1. The maximum Gasteiger partial charge on any atom is 0.267 e. The number of carbonyl (C=O) groups is 1. The minimum Gasteiger partial charge on any atom is -0.358 e. The third-order valence-electron chi connectivity index (χ3n) is 6.19. The van der Waals surface area contributed by atoms with E-state index in [0.29, 0.717) is 11.8 Å². The highest BCUT2D eigenvalue weighted by Crippen LogP contribution is 2.38. The summed E-state index contributed by atoms with van der Waals surface area (Å²) in [4.78, 5) is 17.4. The second-order valence-electron chi connectivity index (χ2n) is 8.78. The molecule has 5 nitrogen and oxygen atoms in total. The number of H-pyrrole nitrogens is 1. The summed E-state index contributed by atoms with van der Waals surface area (Å²) < 4.78 is 0. The minimum atomic E-state index is -0.526. The summed E-state index contributed by atoms with van der Waals surface area (Å²) in [6, 6.07) is 16.9. The van der Waals surface area contributed by atoms with Crippen LogP contribution in [0.1, 0.15) is 60.9 Å². The summed E-state index contributed by atoms with van der Waals surface area (Å²) in [7, 11) is 0. The molecule has 1 fully saturated rings. The van der Waals surface area contributed by atoms with Crippen LogP contribution < -0.4 is 5.48 Å². The number of amides is 1. The lowest BCUT2D eigenvalue weighted by Gasteiger charge is -2.33. The Morgan fingerprint density at radius 2 is 2.00 bits per heavy atom. The quantitative estimate of drug-likeness (QED) is 0.294. The van der Waals surface area contributed by atoms with Crippen LogP contribution in [0.5, 0.6) is 0 Å². The summed E-state index contributed by atoms with van der Waals surface area (Å²) in [5.74, 6) is 0.495. The Morgan fingerprint density at radius 3 is 2.74 bits per heavy atom. The fourth-order valence-electron chi connectivity index (χ4n) is 4.72. The number of hydrogen-bond acceptors (Lipinski definition) is 3. The van der Waals surface area contributed by atoms with Crippen LogP contribution in [0.3, 0.4) is 0 Å². The summed E-state index contributed by atoms with van der Waals surface area (Å²) in [5.41, 5.74) is 7.95. The number of benzene rings is 2. The first kappa shape index (κ1) is 21.3. The Bertz CT molecular complexity index is 1070. The molecule has 0 saturated carbocycles. The molecule has 3 N–H and O–H groups in total. The number of carbonyl (C=O) groups excluding carboxylic acids is 1. The number of hydrogen-bond donors (Lipinski definition) is 3. The summed E-state index contributed by atoms with van der Waals surface area (Å²) >= 11 is 0. The van der Waals surface area contributed by atoms with Crippen molar-refractivity contribution in [2.45, 2.75) is 45.1 Å². The number of hydroxylamine groups is 1. The summed E-state index contributed by atoms with van der Waals surface area (Å²) in [6.07, 6.45) is 5.45. The first-order valence-corrected chi connectivity index (χ1v) is 11.1. The molecule has 0 spiro atoms. The van der Waals surface area contributed by atoms with Crippen molar-refractivity contribution in [2.75, 3.05) is 13.1 Å². The largest absolute Gasteiger partial charge is 0.358 e. The second kappa shape index (κ2) is 9.50. The van der Waals surface area contributed by atoms with Gasteiger partial charge in [0.05, 0.1) is 0 Å². The molecular weight excluding hydrogens is 386 g/mol. The fourth-order valence-corrected chi connectivity index (χ4v) is 4.72. The van der Waals surface area contributed by atoms with E-state index >= 15 is 0 Å². The van der Waals surface area contributed by atoms with Gasteiger partial charge in [0.2, 0.25) is 0 Å². The molecule has 1 unspecified atom stereocenters. The lowest BCUT2D eigenvalue weighted by Crippen LogP contribution is -2.34. The topological polar surface area (TPSA) is 68.4 Å². The van der Waals surface area contributed by atoms with E-state index in [1.54, 1.807) is 11.6 Å². The number of likely N-dealkylation sites (tertiary alicyclic amines) is 1. The van der Waals surface area contributed by atoms with Gasteiger partial charge in [-0.05, 0) is 60.1 Å². The van der Waals surface area contributed by atoms with Gasteiger partial charge in [-0.25, -0.2) is 5.48 Å². The van der Waals surface area contributed by atoms with Crippen molar-refractivity contribution in [2.24, 2.45) is 0 Å². The Kier molecular flexibility index (Phi) is 6.54. The normalized spacial score (nSPS) is 17.6. The van der Waals surface area contributed by atoms with Gasteiger partial charge in [0, 0.05) is 35.8 Å². The molecule has 0 bridgehead atoms. The molecule has 2 aromatic carbocycles. The Hall–Kier alpha value is -2.89. The average molecular weight is 418 g/mol. The van der Waals surface area contributed by atoms with E-state index in [9.17, 15) is 4.79 Å². The van der Waals surface area contributed by atoms with Crippen molar-refractivity contribution in [3.05, 3.63) is 77.0 Å². The molecule has 0 aliphatic carbocycles. The zero-order chi connectivity index (χ0) is 21.8. The van der Waals surface area contributed by atoms with Crippen molar-refractivity contribution in [1.82, 2.24) is 15.4 Å². The van der Waals surface area contributed by atoms with Crippen LogP contribution in [-0.4, -0.2) is 34.1 Å². The molecule has 31 heavy (non-hydrogen) atoms. The van der Waals surface area contributed by atoms with Gasteiger partial charge in [0.25, 0.3) is 5.91 Å². The van der Waals surface area contributed by atoms with Gasteiger partial charge >= 0.3 is 0 Å². The SMILES string of the molecule is CC(C)c1[nH]c2ccccc2c1C1CCCN(Cc2ccc(/C=C/C(=O)NO)cc2)C1. The molecule has 1 amide bonds. The van der Waals surface area contributed by atoms with Crippen LogP contribution in [0.25, 0.3) is 17.0 Å². The zero-order valence-electron chi connectivity index (χ0n) is 18.3. The van der Waals surface area contributed by atoms with Crippen LogP contribution in [-0.2, 0) is 11.3 Å². The number of aromatic amines is 1. The number of fused-ring (bicyclic) bond motifs is 1. The van der Waals surface area contributed by atoms with E-state index in [-0.39, 0.29) is 0 Å². The van der Waals surface area contributed by atoms with Crippen LogP contribution >= 0.6 is 0 Å². The first-order chi connectivity index (χ1) is 15.0. The third-order valence-corrected chi connectivity index (χ3v) is 6.19. The number of para-hydroxylation sites is 1. The predicted molar refractivity (Wildman–Crippen MR) is 125 cm³/mol. The van der Waals surface area contributed by atoms with Crippen LogP contribution in [0.15, 0.2) is 54.6 Å². The van der Waals surface area contributed by atoms with Gasteiger partial charge in [-0.15, -0.1) is 0 Å². The van der Waals surface area contributed by atoms with Crippen molar-refractivity contribution in [3.63, 3.8) is 0 Å². The molecule has 1 aromatic heterocycles. The van der Waals surface area contributed by atoms with Crippen LogP contribution in [0.4, 0.5) is 0 Å². The van der Waals surface area contributed by atoms with Crippen LogP contribution in [0.2, 0.25) is 0 Å². The molecule has 1 aliphatic rings. The maximum atomic E-state index is 11.1. The van der Waals surface area contributed by atoms with Crippen molar-refractivity contribution >= 4 is 22.9 Å². The number of nitrogens with one attached hydrogen (secondary N) is 2. The minimum absolute atomic E-state index is 0.478. The lowest BCUT2D eigenvalue weighted by atomic mass is 9.86. The van der Waals surface area contributed by atoms with Gasteiger partial charge < -0.3 is 4.98 Å². The third kappa shape index (κ3) is 4.89. The lowest BCUT2D eigenvalue weighted by molar-refractivity contribution is -0.124. The van der Waals surface area contributed by atoms with E-state index in [0.717, 1.165) is 25.2 Å². The van der Waals surface area contributed by atoms with Crippen molar-refractivity contribution in [1.29, 1.82) is 0 Å². The van der Waals surface area contributed by atoms with Gasteiger partial charge in [0.1, 0.15) is 0 Å². The van der Waals surface area contributed by atoms with E-state index in [4.69, 9.17) is 5.21 Å². The van der Waals surface area contributed by atoms with E-state index < -0.39 is 5.91 Å². The molecule has 2 heterocycles. The smallest absolute Gasteiger partial charge is 0.267 e. The van der Waals surface area contributed by atoms with Crippen molar-refractivity contribution in [3.8, 4) is 0 Å². The predicted octanol–water partition coefficient (Wildman–Crippen LogP) is 5.19. The van der Waals surface area contributed by atoms with E-state index in [1.165, 1.54) is 46.6 Å². The highest BCUT2D eigenvalue weighted by molar-refractivity contribution is 5.90. The Balaban J connectivity index is 1.49. The number of aromatic nitrogens is 1. The van der Waals surface area contributed by atoms with E-state index in [1.807, 2.05) is 12.1 Å². The average Bonchev–Trinajstić information content (AvgIpc) is 3.19. The second-order valence-corrected chi connectivity index (χ2v) is 8.78.